The van der Waals surface area contributed by atoms with E-state index in [1.807, 2.05) is 20.8 Å². The highest BCUT2D eigenvalue weighted by atomic mass is 35.5. The van der Waals surface area contributed by atoms with Crippen LogP contribution < -0.4 is 11.1 Å². The maximum absolute atomic E-state index is 14.9. The fourth-order valence-electron chi connectivity index (χ4n) is 5.84. The molecule has 1 aliphatic rings. The molecule has 0 fully saturated rings. The van der Waals surface area contributed by atoms with Gasteiger partial charge in [-0.25, -0.2) is 19.5 Å². The highest BCUT2D eigenvalue weighted by molar-refractivity contribution is 6.33. The summed E-state index contributed by atoms with van der Waals surface area (Å²) in [7, 11) is 0. The number of carbonyl (C=O) groups is 2. The van der Waals surface area contributed by atoms with Crippen LogP contribution in [0.2, 0.25) is 5.02 Å². The fraction of sp³-hybridized carbons (Fsp3) is 0.412. The number of benzene rings is 2. The third-order valence-electron chi connectivity index (χ3n) is 7.89. The second-order valence-corrected chi connectivity index (χ2v) is 14.8. The van der Waals surface area contributed by atoms with Crippen molar-refractivity contribution in [2.45, 2.75) is 78.2 Å². The normalized spacial score (nSPS) is 17.3. The highest BCUT2D eigenvalue weighted by Crippen LogP contribution is 2.45. The van der Waals surface area contributed by atoms with E-state index in [0.29, 0.717) is 31.6 Å². The Morgan fingerprint density at radius 2 is 1.67 bits per heavy atom. The van der Waals surface area contributed by atoms with Crippen LogP contribution in [-0.4, -0.2) is 59.6 Å². The Hall–Kier alpha value is -4.99. The number of nitrogens with two attached hydrogens (primary N) is 1. The number of alkyl halides is 4. The maximum atomic E-state index is 14.9. The molecule has 0 spiro atoms. The van der Waals surface area contributed by atoms with Gasteiger partial charge in [0.05, 0.1) is 17.3 Å². The molecule has 3 N–H and O–H groups in total. The second kappa shape index (κ2) is 14.0. The molecule has 0 aliphatic carbocycles. The van der Waals surface area contributed by atoms with Crippen molar-refractivity contribution < 1.29 is 31.9 Å². The molecular weight excluding hydrogens is 694 g/mol. The first-order valence-corrected chi connectivity index (χ1v) is 16.2. The Labute approximate surface area is 296 Å². The van der Waals surface area contributed by atoms with Gasteiger partial charge in [-0.2, -0.15) is 27.3 Å². The number of hydrogen-bond donors (Lipinski definition) is 2. The van der Waals surface area contributed by atoms with Crippen molar-refractivity contribution in [3.05, 3.63) is 77.3 Å². The van der Waals surface area contributed by atoms with Crippen molar-refractivity contribution in [2.75, 3.05) is 6.61 Å². The number of hydrogen-bond acceptors (Lipinski definition) is 8. The van der Waals surface area contributed by atoms with E-state index in [0.717, 1.165) is 6.33 Å². The molecule has 0 unspecified atom stereocenters. The fourth-order valence-corrected chi connectivity index (χ4v) is 6.04. The highest BCUT2D eigenvalue weighted by Gasteiger charge is 2.53. The first-order chi connectivity index (χ1) is 23.8. The number of halogens is 5. The second-order valence-electron chi connectivity index (χ2n) is 14.4. The Morgan fingerprint density at radius 1 is 1.00 bits per heavy atom. The number of alkyl carbamates (subject to hydrolysis) is 1. The van der Waals surface area contributed by atoms with Crippen LogP contribution >= 0.6 is 11.6 Å². The zero-order chi connectivity index (χ0) is 37.5. The number of guanidine groups is 1. The standard InChI is InChI=1S/C34H38ClF4N9O3/c1-32(2,3)17-34(22-10-7-19(8-11-22)21-14-42-46(15-21)28(36)37)27(49)48(30(40)43-34)25(16-51-31(50)44-33(4,5)6)20-9-12-24(35)23(13-20)26-41-18-47(45-26)29(38)39/h7-15,18,25,28-29H,16-17H2,1-6H3,(H2,40,43)(H,44,50)/t25-,34-/m1/s1. The van der Waals surface area contributed by atoms with Crippen molar-refractivity contribution in [3.8, 4) is 22.5 Å². The van der Waals surface area contributed by atoms with Gasteiger partial charge < -0.3 is 15.8 Å². The molecule has 51 heavy (non-hydrogen) atoms. The smallest absolute Gasteiger partial charge is 0.407 e. The lowest BCUT2D eigenvalue weighted by Gasteiger charge is -2.35. The first kappa shape index (κ1) is 37.3. The summed E-state index contributed by atoms with van der Waals surface area (Å²) in [4.78, 5) is 37.7. The van der Waals surface area contributed by atoms with Crippen LogP contribution in [0.3, 0.4) is 0 Å². The molecule has 272 valence electrons. The molecule has 4 aromatic rings. The molecule has 12 nitrogen and oxygen atoms in total. The van der Waals surface area contributed by atoms with Crippen molar-refractivity contribution in [2.24, 2.45) is 16.1 Å². The van der Waals surface area contributed by atoms with E-state index in [1.165, 1.54) is 29.4 Å². The van der Waals surface area contributed by atoms with Crippen LogP contribution in [0.5, 0.6) is 0 Å². The van der Waals surface area contributed by atoms with Crippen molar-refractivity contribution in [1.82, 2.24) is 34.8 Å². The zero-order valence-corrected chi connectivity index (χ0v) is 29.5. The van der Waals surface area contributed by atoms with Gasteiger partial charge in [-0.05, 0) is 61.4 Å². The van der Waals surface area contributed by atoms with Crippen LogP contribution in [0, 0.1) is 5.41 Å². The number of rotatable bonds is 10. The van der Waals surface area contributed by atoms with Crippen molar-refractivity contribution >= 4 is 29.6 Å². The minimum absolute atomic E-state index is 0.0945. The van der Waals surface area contributed by atoms with Gasteiger partial charge >= 0.3 is 19.2 Å². The molecule has 2 aromatic carbocycles. The van der Waals surface area contributed by atoms with E-state index < -0.39 is 47.6 Å². The van der Waals surface area contributed by atoms with Crippen LogP contribution in [0.15, 0.2) is 66.2 Å². The molecule has 0 saturated heterocycles. The Balaban J connectivity index is 1.57. The third-order valence-corrected chi connectivity index (χ3v) is 8.22. The van der Waals surface area contributed by atoms with Gasteiger partial charge in [0.25, 0.3) is 5.91 Å². The Morgan fingerprint density at radius 3 is 2.24 bits per heavy atom. The molecule has 0 radical (unpaired) electrons. The molecule has 3 heterocycles. The molecule has 17 heteroatoms. The van der Waals surface area contributed by atoms with Gasteiger partial charge in [0.15, 0.2) is 17.3 Å². The summed E-state index contributed by atoms with van der Waals surface area (Å²) in [5.74, 6) is -0.773. The topological polar surface area (TPSA) is 146 Å². The molecule has 2 atom stereocenters. The minimum Gasteiger partial charge on any atom is -0.447 e. The zero-order valence-electron chi connectivity index (χ0n) is 28.7. The Bertz CT molecular complexity index is 1930. The van der Waals surface area contributed by atoms with Gasteiger partial charge in [0.1, 0.15) is 12.9 Å². The molecule has 0 bridgehead atoms. The average molecular weight is 732 g/mol. The monoisotopic (exact) mass is 731 g/mol. The number of nitrogens with zero attached hydrogens (tertiary/aromatic N) is 7. The number of amides is 2. The predicted molar refractivity (Wildman–Crippen MR) is 182 cm³/mol. The number of aromatic nitrogens is 5. The van der Waals surface area contributed by atoms with Crippen LogP contribution in [0.25, 0.3) is 22.5 Å². The largest absolute Gasteiger partial charge is 0.447 e. The van der Waals surface area contributed by atoms with Gasteiger partial charge in [-0.15, -0.1) is 5.10 Å². The van der Waals surface area contributed by atoms with Crippen molar-refractivity contribution in [3.63, 3.8) is 0 Å². The summed E-state index contributed by atoms with van der Waals surface area (Å²) in [5, 5.41) is 10.4. The number of carbonyl (C=O) groups excluding carboxylic acids is 2. The number of nitrogens with one attached hydrogen (secondary N) is 1. The predicted octanol–water partition coefficient (Wildman–Crippen LogP) is 7.31. The lowest BCUT2D eigenvalue weighted by Crippen LogP contribution is -2.48. The summed E-state index contributed by atoms with van der Waals surface area (Å²) >= 11 is 6.47. The molecule has 5 rings (SSSR count). The van der Waals surface area contributed by atoms with E-state index in [9.17, 15) is 27.2 Å². The summed E-state index contributed by atoms with van der Waals surface area (Å²) < 4.78 is 59.5. The molecular formula is C34H38ClF4N9O3. The van der Waals surface area contributed by atoms with Gasteiger partial charge in [0.2, 0.25) is 0 Å². The van der Waals surface area contributed by atoms with Gasteiger partial charge in [-0.3, -0.25) is 9.69 Å². The molecule has 1 aliphatic heterocycles. The van der Waals surface area contributed by atoms with E-state index >= 15 is 0 Å². The summed E-state index contributed by atoms with van der Waals surface area (Å²) in [6.07, 6.45) is 2.85. The summed E-state index contributed by atoms with van der Waals surface area (Å²) in [5.41, 5.74) is 6.04. The van der Waals surface area contributed by atoms with E-state index in [1.54, 1.807) is 51.1 Å². The minimum atomic E-state index is -2.94. The summed E-state index contributed by atoms with van der Waals surface area (Å²) in [6, 6.07) is 10.3. The molecule has 2 aromatic heterocycles. The van der Waals surface area contributed by atoms with Crippen LogP contribution in [0.4, 0.5) is 22.4 Å². The Kier molecular flexibility index (Phi) is 10.2. The van der Waals surface area contributed by atoms with Crippen molar-refractivity contribution in [1.29, 1.82) is 0 Å². The quantitative estimate of drug-likeness (QED) is 0.163. The van der Waals surface area contributed by atoms with Crippen LogP contribution in [0.1, 0.15) is 78.2 Å². The number of aliphatic imine (C=N–C) groups is 1. The first-order valence-electron chi connectivity index (χ1n) is 15.8. The van der Waals surface area contributed by atoms with Gasteiger partial charge in [0, 0.05) is 22.9 Å². The lowest BCUT2D eigenvalue weighted by atomic mass is 9.75. The summed E-state index contributed by atoms with van der Waals surface area (Å²) in [6.45, 7) is 5.02. The number of ether oxygens (including phenoxy) is 1. The van der Waals surface area contributed by atoms with E-state index in [-0.39, 0.29) is 35.4 Å². The van der Waals surface area contributed by atoms with E-state index in [4.69, 9.17) is 27.1 Å². The van der Waals surface area contributed by atoms with E-state index in [2.05, 4.69) is 20.5 Å². The lowest BCUT2D eigenvalue weighted by molar-refractivity contribution is -0.135. The van der Waals surface area contributed by atoms with Gasteiger partial charge in [-0.1, -0.05) is 62.7 Å². The van der Waals surface area contributed by atoms with Crippen LogP contribution in [-0.2, 0) is 15.1 Å². The maximum Gasteiger partial charge on any atom is 0.407 e. The average Bonchev–Trinajstić information content (AvgIpc) is 3.77. The molecule has 2 amide bonds. The SMILES string of the molecule is CC(C)(C)C[C@]1(c2ccc(-c3cnn(C(F)F)c3)cc2)N=C(N)N([C@H](COC(=O)NC(C)(C)C)c2ccc(Cl)c(-c3ncn(C(F)F)n3)c2)C1=O. The molecule has 0 saturated carbocycles. The third kappa shape index (κ3) is 8.16.